The molecule has 0 unspecified atom stereocenters. The summed E-state index contributed by atoms with van der Waals surface area (Å²) in [5.74, 6) is 0. The maximum atomic E-state index is 14.1. The molecular formula is C18H19FO2Se. The third-order valence-corrected chi connectivity index (χ3v) is 5.88. The predicted octanol–water partition coefficient (Wildman–Crippen LogP) is 2.69. The summed E-state index contributed by atoms with van der Waals surface area (Å²) in [5.41, 5.74) is 1.10. The monoisotopic (exact) mass is 366 g/mol. The van der Waals surface area contributed by atoms with Gasteiger partial charge in [0, 0.05) is 0 Å². The summed E-state index contributed by atoms with van der Waals surface area (Å²) in [6.45, 7) is 0.819. The Morgan fingerprint density at radius 3 is 2.45 bits per heavy atom. The van der Waals surface area contributed by atoms with Crippen LogP contribution < -0.4 is 4.46 Å². The van der Waals surface area contributed by atoms with Crippen molar-refractivity contribution < 1.29 is 13.9 Å². The van der Waals surface area contributed by atoms with Gasteiger partial charge in [0.25, 0.3) is 0 Å². The van der Waals surface area contributed by atoms with Crippen molar-refractivity contribution in [1.29, 1.82) is 0 Å². The summed E-state index contributed by atoms with van der Waals surface area (Å²) in [6, 6.07) is 20.1. The van der Waals surface area contributed by atoms with Crippen molar-refractivity contribution in [3.8, 4) is 0 Å². The maximum absolute atomic E-state index is 14.1. The zero-order valence-electron chi connectivity index (χ0n) is 12.2. The molecule has 1 aliphatic heterocycles. The summed E-state index contributed by atoms with van der Waals surface area (Å²) in [5, 5.41) is 0.00947. The van der Waals surface area contributed by atoms with Gasteiger partial charge in [0.1, 0.15) is 0 Å². The first-order chi connectivity index (χ1) is 10.8. The van der Waals surface area contributed by atoms with Crippen LogP contribution in [-0.4, -0.2) is 38.8 Å². The van der Waals surface area contributed by atoms with E-state index in [0.717, 1.165) is 5.56 Å². The average Bonchev–Trinajstić information content (AvgIpc) is 2.89. The second-order valence-electron chi connectivity index (χ2n) is 5.29. The first-order valence-electron chi connectivity index (χ1n) is 7.44. The van der Waals surface area contributed by atoms with Crippen LogP contribution in [0.1, 0.15) is 12.0 Å². The van der Waals surface area contributed by atoms with E-state index in [-0.39, 0.29) is 20.0 Å². The van der Waals surface area contributed by atoms with Gasteiger partial charge in [0.05, 0.1) is 0 Å². The van der Waals surface area contributed by atoms with Gasteiger partial charge in [-0.1, -0.05) is 0 Å². The van der Waals surface area contributed by atoms with E-state index >= 15 is 0 Å². The summed E-state index contributed by atoms with van der Waals surface area (Å²) in [6.07, 6.45) is -0.875. The van der Waals surface area contributed by atoms with Crippen molar-refractivity contribution in [2.24, 2.45) is 0 Å². The van der Waals surface area contributed by atoms with Crippen LogP contribution in [0.4, 0.5) is 4.39 Å². The van der Waals surface area contributed by atoms with Gasteiger partial charge < -0.3 is 0 Å². The van der Waals surface area contributed by atoms with Crippen LogP contribution in [0.15, 0.2) is 60.7 Å². The Labute approximate surface area is 136 Å². The summed E-state index contributed by atoms with van der Waals surface area (Å²) in [4.78, 5) is 0. The van der Waals surface area contributed by atoms with Gasteiger partial charge in [0.2, 0.25) is 0 Å². The first-order valence-corrected chi connectivity index (χ1v) is 9.29. The minimum absolute atomic E-state index is 0.00947. The summed E-state index contributed by atoms with van der Waals surface area (Å²) in [7, 11) is 0. The van der Waals surface area contributed by atoms with Crippen LogP contribution in [0.3, 0.4) is 0 Å². The molecule has 0 bridgehead atoms. The fraction of sp³-hybridized carbons (Fsp3) is 0.333. The standard InChI is InChI=1S/C18H19FO2Se/c19-16-11-18(22-15-9-5-2-6-10-15)21-17(16)13-20-12-14-7-3-1-4-8-14/h1-10,16-18H,11-13H2/t16-,17+,18-/m0/s1. The van der Waals surface area contributed by atoms with E-state index in [9.17, 15) is 4.39 Å². The molecule has 0 saturated carbocycles. The normalized spacial score (nSPS) is 24.5. The molecule has 1 saturated heterocycles. The first kappa shape index (κ1) is 15.7. The Morgan fingerprint density at radius 2 is 1.73 bits per heavy atom. The van der Waals surface area contributed by atoms with E-state index in [1.54, 1.807) is 0 Å². The number of hydrogen-bond donors (Lipinski definition) is 0. The Bertz CT molecular complexity index is 564. The van der Waals surface area contributed by atoms with Gasteiger partial charge in [-0.15, -0.1) is 0 Å². The molecule has 0 amide bonds. The predicted molar refractivity (Wildman–Crippen MR) is 86.1 cm³/mol. The number of rotatable bonds is 6. The van der Waals surface area contributed by atoms with Gasteiger partial charge in [-0.2, -0.15) is 0 Å². The number of ether oxygens (including phenoxy) is 2. The van der Waals surface area contributed by atoms with E-state index in [0.29, 0.717) is 19.6 Å². The molecule has 1 aliphatic rings. The molecule has 2 aromatic rings. The molecule has 0 radical (unpaired) electrons. The van der Waals surface area contributed by atoms with Crippen molar-refractivity contribution >= 4 is 19.4 Å². The third kappa shape index (κ3) is 4.40. The molecule has 1 heterocycles. The average molecular weight is 365 g/mol. The van der Waals surface area contributed by atoms with Gasteiger partial charge in [-0.3, -0.25) is 0 Å². The molecule has 0 aliphatic carbocycles. The van der Waals surface area contributed by atoms with Crippen molar-refractivity contribution in [2.75, 3.05) is 6.61 Å². The van der Waals surface area contributed by atoms with E-state index in [4.69, 9.17) is 9.47 Å². The SMILES string of the molecule is F[C@H]1C[C@H]([Se]c2ccccc2)O[C@@H]1COCc1ccccc1. The molecule has 0 aromatic heterocycles. The molecule has 0 N–H and O–H groups in total. The Hall–Kier alpha value is -1.19. The molecule has 3 atom stereocenters. The summed E-state index contributed by atoms with van der Waals surface area (Å²) < 4.78 is 26.8. The van der Waals surface area contributed by atoms with Crippen molar-refractivity contribution in [1.82, 2.24) is 0 Å². The van der Waals surface area contributed by atoms with Gasteiger partial charge in [0.15, 0.2) is 0 Å². The second-order valence-corrected chi connectivity index (χ2v) is 7.87. The molecule has 22 heavy (non-hydrogen) atoms. The Morgan fingerprint density at radius 1 is 1.05 bits per heavy atom. The number of halogens is 1. The Balaban J connectivity index is 1.45. The van der Waals surface area contributed by atoms with Crippen molar-refractivity contribution in [2.45, 2.75) is 30.3 Å². The number of alkyl halides is 1. The van der Waals surface area contributed by atoms with E-state index in [1.807, 2.05) is 48.5 Å². The van der Waals surface area contributed by atoms with E-state index in [1.165, 1.54) is 4.46 Å². The van der Waals surface area contributed by atoms with Crippen LogP contribution in [0.5, 0.6) is 0 Å². The van der Waals surface area contributed by atoms with Crippen LogP contribution >= 0.6 is 0 Å². The molecule has 2 nitrogen and oxygen atoms in total. The fourth-order valence-electron chi connectivity index (χ4n) is 2.41. The summed E-state index contributed by atoms with van der Waals surface area (Å²) >= 11 is 0.153. The van der Waals surface area contributed by atoms with E-state index in [2.05, 4.69) is 12.1 Å². The molecule has 116 valence electrons. The van der Waals surface area contributed by atoms with Crippen LogP contribution in [0, 0.1) is 0 Å². The topological polar surface area (TPSA) is 18.5 Å². The van der Waals surface area contributed by atoms with Crippen molar-refractivity contribution in [3.63, 3.8) is 0 Å². The van der Waals surface area contributed by atoms with Crippen LogP contribution in [-0.2, 0) is 16.1 Å². The zero-order valence-corrected chi connectivity index (χ0v) is 13.9. The molecular weight excluding hydrogens is 346 g/mol. The zero-order chi connectivity index (χ0) is 15.2. The molecule has 1 fully saturated rings. The quantitative estimate of drug-likeness (QED) is 0.733. The molecule has 4 heteroatoms. The Kier molecular flexibility index (Phi) is 5.63. The van der Waals surface area contributed by atoms with Crippen LogP contribution in [0.25, 0.3) is 0 Å². The molecule has 2 aromatic carbocycles. The minimum atomic E-state index is -0.925. The van der Waals surface area contributed by atoms with Crippen LogP contribution in [0.2, 0.25) is 0 Å². The number of hydrogen-bond acceptors (Lipinski definition) is 2. The molecule has 3 rings (SSSR count). The van der Waals surface area contributed by atoms with Gasteiger partial charge in [-0.25, -0.2) is 0 Å². The van der Waals surface area contributed by atoms with Gasteiger partial charge in [-0.05, 0) is 0 Å². The van der Waals surface area contributed by atoms with E-state index < -0.39 is 12.3 Å². The second kappa shape index (κ2) is 7.89. The fourth-order valence-corrected chi connectivity index (χ4v) is 4.71. The number of benzene rings is 2. The van der Waals surface area contributed by atoms with Gasteiger partial charge >= 0.3 is 136 Å². The molecule has 0 spiro atoms. The van der Waals surface area contributed by atoms with Crippen molar-refractivity contribution in [3.05, 3.63) is 66.2 Å². The third-order valence-electron chi connectivity index (χ3n) is 3.55.